The van der Waals surface area contributed by atoms with Crippen molar-refractivity contribution in [2.24, 2.45) is 0 Å². The summed E-state index contributed by atoms with van der Waals surface area (Å²) in [5.41, 5.74) is 3.94. The predicted octanol–water partition coefficient (Wildman–Crippen LogP) is 7.48. The summed E-state index contributed by atoms with van der Waals surface area (Å²) >= 11 is 12.9. The van der Waals surface area contributed by atoms with Crippen LogP contribution in [0.5, 0.6) is 17.4 Å². The van der Waals surface area contributed by atoms with Gasteiger partial charge in [-0.05, 0) is 68.0 Å². The average Bonchev–Trinajstić information content (AvgIpc) is 3.63. The molecule has 188 valence electrons. The zero-order valence-corrected chi connectivity index (χ0v) is 21.2. The number of aromatic carboxylic acids is 1. The number of fused-ring (bicyclic) bond motifs is 2. The van der Waals surface area contributed by atoms with Gasteiger partial charge in [0.25, 0.3) is 0 Å². The van der Waals surface area contributed by atoms with Crippen LogP contribution in [-0.4, -0.2) is 21.2 Å². The van der Waals surface area contributed by atoms with Gasteiger partial charge in [-0.15, -0.1) is 0 Å². The van der Waals surface area contributed by atoms with Crippen molar-refractivity contribution in [3.8, 4) is 28.6 Å². The van der Waals surface area contributed by atoms with Crippen molar-refractivity contribution in [2.75, 3.05) is 0 Å². The molecule has 2 aromatic heterocycles. The Labute approximate surface area is 222 Å². The first-order valence-corrected chi connectivity index (χ1v) is 12.8. The van der Waals surface area contributed by atoms with Crippen LogP contribution in [0.2, 0.25) is 10.0 Å². The predicted molar refractivity (Wildman–Crippen MR) is 138 cm³/mol. The highest BCUT2D eigenvalue weighted by Gasteiger charge is 2.33. The second-order valence-corrected chi connectivity index (χ2v) is 10.0. The van der Waals surface area contributed by atoms with Crippen LogP contribution in [0.25, 0.3) is 11.3 Å². The number of halogens is 2. The molecule has 9 heteroatoms. The lowest BCUT2D eigenvalue weighted by Crippen LogP contribution is -2.07. The van der Waals surface area contributed by atoms with Crippen LogP contribution in [0, 0.1) is 0 Å². The molecule has 0 amide bonds. The summed E-state index contributed by atoms with van der Waals surface area (Å²) in [5.74, 6) is 1.69. The van der Waals surface area contributed by atoms with Crippen molar-refractivity contribution in [1.29, 1.82) is 0 Å². The molecule has 1 aliphatic heterocycles. The first-order valence-electron chi connectivity index (χ1n) is 12.1. The molecule has 1 aliphatic carbocycles. The van der Waals surface area contributed by atoms with Gasteiger partial charge in [-0.1, -0.05) is 40.5 Å². The van der Waals surface area contributed by atoms with E-state index in [1.165, 1.54) is 0 Å². The number of hydrogen-bond donors (Lipinski definition) is 1. The molecular weight excluding hydrogens is 515 g/mol. The summed E-state index contributed by atoms with van der Waals surface area (Å²) in [7, 11) is 0. The molecule has 1 fully saturated rings. The third kappa shape index (κ3) is 4.77. The molecule has 7 nitrogen and oxygen atoms in total. The number of carbonyl (C=O) groups is 1. The number of benzene rings is 2. The minimum Gasteiger partial charge on any atom is -0.478 e. The summed E-state index contributed by atoms with van der Waals surface area (Å²) in [4.78, 5) is 16.1. The van der Waals surface area contributed by atoms with Crippen LogP contribution in [-0.2, 0) is 19.4 Å². The second-order valence-electron chi connectivity index (χ2n) is 9.21. The molecule has 6 rings (SSSR count). The van der Waals surface area contributed by atoms with Crippen LogP contribution in [0.1, 0.15) is 58.1 Å². The number of aromatic nitrogens is 2. The molecule has 1 N–H and O–H groups in total. The Kier molecular flexibility index (Phi) is 6.26. The third-order valence-corrected chi connectivity index (χ3v) is 7.26. The maximum absolute atomic E-state index is 11.4. The van der Waals surface area contributed by atoms with Gasteiger partial charge in [0, 0.05) is 17.5 Å². The van der Waals surface area contributed by atoms with Crippen LogP contribution < -0.4 is 9.47 Å². The maximum Gasteiger partial charge on any atom is 0.335 e. The summed E-state index contributed by atoms with van der Waals surface area (Å²) in [5, 5.41) is 14.6. The van der Waals surface area contributed by atoms with Gasteiger partial charge in [-0.2, -0.15) is 0 Å². The molecule has 0 radical (unpaired) electrons. The van der Waals surface area contributed by atoms with Crippen molar-refractivity contribution in [3.05, 3.63) is 86.7 Å². The minimum atomic E-state index is -0.993. The molecule has 0 bridgehead atoms. The lowest BCUT2D eigenvalue weighted by molar-refractivity contribution is 0.0696. The number of nitrogens with zero attached hydrogens (tertiary/aromatic N) is 2. The number of aryl methyl sites for hydroxylation is 2. The molecule has 1 saturated carbocycles. The molecule has 2 aliphatic rings. The summed E-state index contributed by atoms with van der Waals surface area (Å²) in [6, 6.07) is 13.9. The maximum atomic E-state index is 11.4. The van der Waals surface area contributed by atoms with Crippen molar-refractivity contribution >= 4 is 29.2 Å². The van der Waals surface area contributed by atoms with Gasteiger partial charge in [0.05, 0.1) is 26.9 Å². The monoisotopic (exact) mass is 536 g/mol. The summed E-state index contributed by atoms with van der Waals surface area (Å²) < 4.78 is 18.0. The zero-order valence-electron chi connectivity index (χ0n) is 19.7. The van der Waals surface area contributed by atoms with E-state index in [0.29, 0.717) is 51.0 Å². The number of ether oxygens (including phenoxy) is 2. The molecule has 3 heterocycles. The topological polar surface area (TPSA) is 94.7 Å². The van der Waals surface area contributed by atoms with E-state index in [9.17, 15) is 9.90 Å². The van der Waals surface area contributed by atoms with Crippen molar-refractivity contribution in [3.63, 3.8) is 0 Å². The zero-order chi connectivity index (χ0) is 25.5. The van der Waals surface area contributed by atoms with Crippen molar-refractivity contribution < 1.29 is 23.9 Å². The number of pyridine rings is 1. The van der Waals surface area contributed by atoms with Gasteiger partial charge in [0.1, 0.15) is 29.6 Å². The standard InChI is InChI=1S/C28H22Cl2N2O5/c29-19-4-2-5-20(30)25(19)26-18(27(37-32-26)16-8-9-16)14-35-24-12-11-22-21(31-24)6-1-3-15-7-10-17(28(33)34)13-23(15)36-22/h2,4-5,7,10-13,16H,1,3,6,8-9,14H2,(H,33,34). The Balaban J connectivity index is 1.27. The highest BCUT2D eigenvalue weighted by Crippen LogP contribution is 2.46. The number of carboxylic acids is 1. The Morgan fingerprint density at radius 1 is 1.05 bits per heavy atom. The lowest BCUT2D eigenvalue weighted by Gasteiger charge is -2.18. The fourth-order valence-electron chi connectivity index (χ4n) is 4.57. The summed E-state index contributed by atoms with van der Waals surface area (Å²) in [6.45, 7) is 0.198. The first-order chi connectivity index (χ1) is 18.0. The van der Waals surface area contributed by atoms with Crippen molar-refractivity contribution in [1.82, 2.24) is 10.1 Å². The average molecular weight is 537 g/mol. The quantitative estimate of drug-likeness (QED) is 0.273. The van der Waals surface area contributed by atoms with E-state index in [0.717, 1.165) is 48.3 Å². The third-order valence-electron chi connectivity index (χ3n) is 6.63. The van der Waals surface area contributed by atoms with Crippen LogP contribution in [0.15, 0.2) is 53.1 Å². The molecule has 0 saturated heterocycles. The van der Waals surface area contributed by atoms with Gasteiger partial charge in [-0.25, -0.2) is 9.78 Å². The smallest absolute Gasteiger partial charge is 0.335 e. The Hall–Kier alpha value is -3.55. The van der Waals surface area contributed by atoms with Gasteiger partial charge in [0.2, 0.25) is 5.88 Å². The molecular formula is C28H22Cl2N2O5. The Morgan fingerprint density at radius 3 is 2.62 bits per heavy atom. The molecule has 0 atom stereocenters. The highest BCUT2D eigenvalue weighted by atomic mass is 35.5. The van der Waals surface area contributed by atoms with E-state index in [2.05, 4.69) is 5.16 Å². The lowest BCUT2D eigenvalue weighted by atomic mass is 10.0. The van der Waals surface area contributed by atoms with E-state index in [1.807, 2.05) is 12.1 Å². The molecule has 0 spiro atoms. The van der Waals surface area contributed by atoms with Crippen LogP contribution in [0.4, 0.5) is 0 Å². The van der Waals surface area contributed by atoms with E-state index in [1.54, 1.807) is 36.4 Å². The largest absolute Gasteiger partial charge is 0.478 e. The number of carboxylic acid groups (broad SMARTS) is 1. The number of hydrogen-bond acceptors (Lipinski definition) is 6. The Morgan fingerprint density at radius 2 is 1.86 bits per heavy atom. The molecule has 0 unspecified atom stereocenters. The molecule has 37 heavy (non-hydrogen) atoms. The Bertz CT molecular complexity index is 1490. The SMILES string of the molecule is O=C(O)c1ccc2c(c1)Oc1ccc(OCc3c(-c4c(Cl)cccc4Cl)noc3C3CC3)nc1CCC2. The van der Waals surface area contributed by atoms with Crippen molar-refractivity contribution in [2.45, 2.75) is 44.6 Å². The summed E-state index contributed by atoms with van der Waals surface area (Å²) in [6.07, 6.45) is 4.39. The number of rotatable bonds is 6. The first kappa shape index (κ1) is 23.8. The van der Waals surface area contributed by atoms with Gasteiger partial charge >= 0.3 is 5.97 Å². The minimum absolute atomic E-state index is 0.184. The van der Waals surface area contributed by atoms with Gasteiger partial charge in [0.15, 0.2) is 0 Å². The van der Waals surface area contributed by atoms with E-state index < -0.39 is 5.97 Å². The van der Waals surface area contributed by atoms with E-state index in [4.69, 9.17) is 42.2 Å². The van der Waals surface area contributed by atoms with E-state index >= 15 is 0 Å². The van der Waals surface area contributed by atoms with Crippen LogP contribution in [0.3, 0.4) is 0 Å². The van der Waals surface area contributed by atoms with Crippen LogP contribution >= 0.6 is 23.2 Å². The van der Waals surface area contributed by atoms with Gasteiger partial charge in [-0.3, -0.25) is 0 Å². The fraction of sp³-hybridized carbons (Fsp3) is 0.250. The van der Waals surface area contributed by atoms with E-state index in [-0.39, 0.29) is 12.2 Å². The molecule has 2 aromatic carbocycles. The highest BCUT2D eigenvalue weighted by molar-refractivity contribution is 6.39. The fourth-order valence-corrected chi connectivity index (χ4v) is 5.15. The normalized spacial score (nSPS) is 14.6. The molecule has 4 aromatic rings. The van der Waals surface area contributed by atoms with Gasteiger partial charge < -0.3 is 19.1 Å². The second kappa shape index (κ2) is 9.72.